The lowest BCUT2D eigenvalue weighted by Crippen LogP contribution is -2.60. The lowest BCUT2D eigenvalue weighted by atomic mass is 9.84. The molecule has 17 heteroatoms. The molecule has 0 unspecified atom stereocenters. The highest BCUT2D eigenvalue weighted by atomic mass is 16.6. The summed E-state index contributed by atoms with van der Waals surface area (Å²) < 4.78 is 12.2. The first-order valence-electron chi connectivity index (χ1n) is 19.0. The van der Waals surface area contributed by atoms with Gasteiger partial charge in [-0.05, 0) is 119 Å². The van der Waals surface area contributed by atoms with Crippen molar-refractivity contribution in [1.29, 1.82) is 0 Å². The van der Waals surface area contributed by atoms with Crippen molar-refractivity contribution in [3.8, 4) is 0 Å². The fourth-order valence-corrected chi connectivity index (χ4v) is 7.34. The van der Waals surface area contributed by atoms with E-state index in [0.29, 0.717) is 45.1 Å². The number of hydrogen-bond donors (Lipinski definition) is 4. The van der Waals surface area contributed by atoms with Gasteiger partial charge in [-0.2, -0.15) is 4.98 Å². The Morgan fingerprint density at radius 2 is 1.37 bits per heavy atom. The van der Waals surface area contributed by atoms with Gasteiger partial charge in [0, 0.05) is 57.0 Å². The van der Waals surface area contributed by atoms with Crippen molar-refractivity contribution in [3.05, 3.63) is 22.7 Å². The molecule has 0 radical (unpaired) electrons. The zero-order chi connectivity index (χ0) is 40.0. The number of hydrogen-bond acceptors (Lipinski definition) is 9. The Morgan fingerprint density at radius 3 is 1.91 bits per heavy atom. The molecular formula is C37H60N8O9. The van der Waals surface area contributed by atoms with Crippen LogP contribution in [0.2, 0.25) is 0 Å². The second kappa shape index (κ2) is 17.3. The number of carbonyl (C=O) groups is 5. The summed E-state index contributed by atoms with van der Waals surface area (Å²) in [5.74, 6) is 0.00454. The second-order valence-corrected chi connectivity index (χ2v) is 17.2. The monoisotopic (exact) mass is 760 g/mol. The molecule has 1 aromatic rings. The van der Waals surface area contributed by atoms with Gasteiger partial charge in [0.1, 0.15) is 22.6 Å². The van der Waals surface area contributed by atoms with E-state index < -0.39 is 46.7 Å². The average molecular weight is 761 g/mol. The van der Waals surface area contributed by atoms with E-state index in [0.717, 1.165) is 12.8 Å². The summed E-state index contributed by atoms with van der Waals surface area (Å²) in [5, 5.41) is 18.3. The minimum Gasteiger partial charge on any atom is -0.465 e. The van der Waals surface area contributed by atoms with Crippen LogP contribution in [0.5, 0.6) is 0 Å². The number of amides is 6. The zero-order valence-electron chi connectivity index (χ0n) is 33.1. The Kier molecular flexibility index (Phi) is 13.5. The summed E-state index contributed by atoms with van der Waals surface area (Å²) in [7, 11) is 0. The van der Waals surface area contributed by atoms with E-state index in [2.05, 4.69) is 20.9 Å². The third-order valence-electron chi connectivity index (χ3n) is 10.0. The van der Waals surface area contributed by atoms with Crippen LogP contribution in [0.4, 0.5) is 25.0 Å². The van der Waals surface area contributed by atoms with Gasteiger partial charge in [-0.15, -0.1) is 0 Å². The quantitative estimate of drug-likeness (QED) is 0.286. The predicted octanol–water partition coefficient (Wildman–Crippen LogP) is 4.77. The normalized spacial score (nSPS) is 22.4. The predicted molar refractivity (Wildman–Crippen MR) is 200 cm³/mol. The molecule has 2 heterocycles. The van der Waals surface area contributed by atoms with Gasteiger partial charge >= 0.3 is 30.0 Å². The number of anilines is 1. The minimum atomic E-state index is -1.21. The molecule has 54 heavy (non-hydrogen) atoms. The Bertz CT molecular complexity index is 1560. The van der Waals surface area contributed by atoms with Gasteiger partial charge in [0.05, 0.1) is 0 Å². The van der Waals surface area contributed by atoms with E-state index in [9.17, 15) is 33.9 Å². The van der Waals surface area contributed by atoms with E-state index in [1.165, 1.54) is 0 Å². The number of nitrogens with one attached hydrogen (secondary N) is 3. The van der Waals surface area contributed by atoms with Crippen molar-refractivity contribution in [2.24, 2.45) is 5.92 Å². The maximum atomic E-state index is 13.2. The molecule has 2 saturated carbocycles. The van der Waals surface area contributed by atoms with Crippen LogP contribution in [0.1, 0.15) is 113 Å². The van der Waals surface area contributed by atoms with Crippen molar-refractivity contribution >= 4 is 36.0 Å². The van der Waals surface area contributed by atoms with Gasteiger partial charge < -0.3 is 39.9 Å². The molecule has 0 atom stereocenters. The molecule has 0 bridgehead atoms. The number of aromatic nitrogens is 2. The van der Waals surface area contributed by atoms with Crippen molar-refractivity contribution in [2.75, 3.05) is 38.0 Å². The number of rotatable bonds is 8. The van der Waals surface area contributed by atoms with E-state index in [4.69, 9.17) is 9.47 Å². The summed E-state index contributed by atoms with van der Waals surface area (Å²) in [4.78, 5) is 84.8. The van der Waals surface area contributed by atoms with E-state index in [-0.39, 0.29) is 61.9 Å². The van der Waals surface area contributed by atoms with Gasteiger partial charge in [-0.3, -0.25) is 14.7 Å². The topological polar surface area (TPSA) is 205 Å². The molecule has 0 aromatic carbocycles. The van der Waals surface area contributed by atoms with Crippen molar-refractivity contribution in [2.45, 2.75) is 142 Å². The molecule has 4 rings (SSSR count). The Labute approximate surface area is 317 Å². The van der Waals surface area contributed by atoms with Crippen molar-refractivity contribution in [3.63, 3.8) is 0 Å². The molecule has 1 saturated heterocycles. The van der Waals surface area contributed by atoms with Crippen molar-refractivity contribution in [1.82, 2.24) is 34.9 Å². The molecule has 3 fully saturated rings. The zero-order valence-corrected chi connectivity index (χ0v) is 33.1. The van der Waals surface area contributed by atoms with Crippen LogP contribution >= 0.6 is 0 Å². The van der Waals surface area contributed by atoms with Gasteiger partial charge in [0.25, 0.3) is 0 Å². The summed E-state index contributed by atoms with van der Waals surface area (Å²) in [6.45, 7) is 15.3. The fourth-order valence-electron chi connectivity index (χ4n) is 7.34. The number of nitrogens with zero attached hydrogens (tertiary/aromatic N) is 5. The molecule has 302 valence electrons. The average Bonchev–Trinajstić information content (AvgIpc) is 3.05. The lowest BCUT2D eigenvalue weighted by Gasteiger charge is -2.39. The highest BCUT2D eigenvalue weighted by Gasteiger charge is 2.37. The maximum absolute atomic E-state index is 13.2. The van der Waals surface area contributed by atoms with E-state index in [1.54, 1.807) is 66.1 Å². The van der Waals surface area contributed by atoms with Crippen LogP contribution in [-0.4, -0.2) is 121 Å². The molecule has 0 spiro atoms. The Morgan fingerprint density at radius 1 is 0.815 bits per heavy atom. The molecule has 3 aliphatic rings. The van der Waals surface area contributed by atoms with Crippen LogP contribution in [0, 0.1) is 5.92 Å². The minimum absolute atomic E-state index is 0.0446. The molecular weight excluding hydrogens is 700 g/mol. The first-order valence-corrected chi connectivity index (χ1v) is 19.0. The fraction of sp³-hybridized carbons (Fsp3) is 0.757. The van der Waals surface area contributed by atoms with Gasteiger partial charge in [0.2, 0.25) is 5.91 Å². The van der Waals surface area contributed by atoms with Crippen molar-refractivity contribution < 1.29 is 38.6 Å². The largest absolute Gasteiger partial charge is 0.465 e. The van der Waals surface area contributed by atoms with Crippen LogP contribution in [0.25, 0.3) is 0 Å². The third-order valence-corrected chi connectivity index (χ3v) is 10.0. The first-order chi connectivity index (χ1) is 25.1. The summed E-state index contributed by atoms with van der Waals surface area (Å²) in [5.41, 5.74) is -2.97. The van der Waals surface area contributed by atoms with Gasteiger partial charge in [0.15, 0.2) is 0 Å². The molecule has 1 aliphatic heterocycles. The SMILES string of the molecule is CC(C)(C)OC(=O)NC1CCC(N(CC2CCC(n3ccc(NC(=O)N4CCN(C(=O)C(C)(C)NC(=O)OC(C)(C)C)CC4)nc3=O)CC2)C(=O)O)CC1. The lowest BCUT2D eigenvalue weighted by molar-refractivity contribution is -0.138. The number of ether oxygens (including phenoxy) is 2. The highest BCUT2D eigenvalue weighted by Crippen LogP contribution is 2.34. The summed E-state index contributed by atoms with van der Waals surface area (Å²) >= 11 is 0. The second-order valence-electron chi connectivity index (χ2n) is 17.2. The Balaban J connectivity index is 1.21. The summed E-state index contributed by atoms with van der Waals surface area (Å²) in [6, 6.07) is 0.915. The van der Waals surface area contributed by atoms with Gasteiger partial charge in [-0.1, -0.05) is 0 Å². The van der Waals surface area contributed by atoms with E-state index in [1.807, 2.05) is 20.8 Å². The smallest absolute Gasteiger partial charge is 0.408 e. The molecule has 6 amide bonds. The highest BCUT2D eigenvalue weighted by molar-refractivity contribution is 5.90. The van der Waals surface area contributed by atoms with Crippen LogP contribution in [0.15, 0.2) is 17.1 Å². The third kappa shape index (κ3) is 12.2. The molecule has 1 aromatic heterocycles. The number of alkyl carbamates (subject to hydrolysis) is 2. The molecule has 2 aliphatic carbocycles. The van der Waals surface area contributed by atoms with E-state index >= 15 is 0 Å². The number of carboxylic acid groups (broad SMARTS) is 1. The first kappa shape index (κ1) is 42.2. The standard InChI is InChI=1S/C37H60N8O9/c1-35(2,3)53-32(49)38-25-11-15-27(16-12-25)45(34(51)52)23-24-9-13-26(14-10-24)44-18-17-28(40-31(44)48)39-30(47)43-21-19-42(20-22-43)29(46)37(7,8)41-33(50)54-36(4,5)6/h17-18,24-27H,9-16,19-23H2,1-8H3,(H,38,49)(H,41,50)(H,51,52)(H,39,40,47,48). The molecule has 17 nitrogen and oxygen atoms in total. The maximum Gasteiger partial charge on any atom is 0.408 e. The Hall–Kier alpha value is -4.57. The van der Waals surface area contributed by atoms with Crippen LogP contribution in [-0.2, 0) is 14.3 Å². The summed E-state index contributed by atoms with van der Waals surface area (Å²) in [6.07, 6.45) is 5.16. The van der Waals surface area contributed by atoms with Crippen LogP contribution in [0.3, 0.4) is 0 Å². The molecule has 4 N–H and O–H groups in total. The number of carbonyl (C=O) groups excluding carboxylic acids is 4. The van der Waals surface area contributed by atoms with Gasteiger partial charge in [-0.25, -0.2) is 24.0 Å². The number of urea groups is 1. The number of piperazine rings is 1. The van der Waals surface area contributed by atoms with Crippen LogP contribution < -0.4 is 21.6 Å².